The molecule has 0 spiro atoms. The van der Waals surface area contributed by atoms with Gasteiger partial charge in [0.15, 0.2) is 0 Å². The van der Waals surface area contributed by atoms with E-state index in [9.17, 15) is 0 Å². The summed E-state index contributed by atoms with van der Waals surface area (Å²) in [6.07, 6.45) is -2.33. The smallest absolute Gasteiger partial charge is 0.108 e. The summed E-state index contributed by atoms with van der Waals surface area (Å²) in [5.74, 6) is 0. The molecule has 2 rings (SSSR count). The van der Waals surface area contributed by atoms with Crippen LogP contribution in [0.5, 0.6) is 0 Å². The molecule has 0 fully saturated rings. The fraction of sp³-hybridized carbons (Fsp3) is 0.333. The standard InChI is InChI=1S/C18H23NO/c1-15-9-7-8-12-17(15)18(20-14-13-19(2)3)16-10-5-4-6-11-16/h4-12,18H,13-14H2,1-3H3/i2D3,3D3,4D,5D,6D,10D,11D,18D. The number of nitrogens with zero attached hydrogens (tertiary/aromatic N) is 1. The number of benzene rings is 2. The highest BCUT2D eigenvalue weighted by atomic mass is 16.5. The number of likely N-dealkylation sites (N-methyl/N-ethyl adjacent to an activating group) is 1. The fourth-order valence-electron chi connectivity index (χ4n) is 1.71. The van der Waals surface area contributed by atoms with Crippen LogP contribution in [0.4, 0.5) is 0 Å². The Morgan fingerprint density at radius 3 is 2.70 bits per heavy atom. The molecule has 1 atom stereocenters. The minimum Gasteiger partial charge on any atom is -0.367 e. The highest BCUT2D eigenvalue weighted by Crippen LogP contribution is 2.28. The first-order valence-electron chi connectivity index (χ1n) is 12.1. The Kier molecular flexibility index (Phi) is 2.03. The van der Waals surface area contributed by atoms with Gasteiger partial charge >= 0.3 is 0 Å². The summed E-state index contributed by atoms with van der Waals surface area (Å²) < 4.78 is 99.7. The second kappa shape index (κ2) is 7.22. The molecule has 0 saturated heterocycles. The van der Waals surface area contributed by atoms with E-state index >= 15 is 0 Å². The Morgan fingerprint density at radius 2 is 2.00 bits per heavy atom. The summed E-state index contributed by atoms with van der Waals surface area (Å²) in [4.78, 5) is 0.264. The molecule has 2 aromatic carbocycles. The van der Waals surface area contributed by atoms with Gasteiger partial charge in [0.25, 0.3) is 0 Å². The fourth-order valence-corrected chi connectivity index (χ4v) is 1.71. The van der Waals surface area contributed by atoms with Crippen LogP contribution in [0.15, 0.2) is 54.5 Å². The van der Waals surface area contributed by atoms with Crippen LogP contribution in [0.1, 0.15) is 39.2 Å². The molecule has 0 amide bonds. The van der Waals surface area contributed by atoms with Gasteiger partial charge < -0.3 is 9.64 Å². The summed E-state index contributed by atoms with van der Waals surface area (Å²) in [5.41, 5.74) is 0.248. The van der Waals surface area contributed by atoms with Gasteiger partial charge in [-0.15, -0.1) is 0 Å². The average Bonchev–Trinajstić information content (AvgIpc) is 2.66. The molecule has 0 saturated carbocycles. The average molecular weight is 281 g/mol. The number of hydrogen-bond donors (Lipinski definition) is 0. The quantitative estimate of drug-likeness (QED) is 0.801. The highest BCUT2D eigenvalue weighted by Gasteiger charge is 2.16. The maximum absolute atomic E-state index is 9.06. The minimum absolute atomic E-state index is 0.174. The monoisotopic (exact) mass is 281 g/mol. The van der Waals surface area contributed by atoms with E-state index in [2.05, 4.69) is 0 Å². The zero-order valence-corrected chi connectivity index (χ0v) is 11.1. The molecule has 0 aromatic heterocycles. The third-order valence-electron chi connectivity index (χ3n) is 2.68. The van der Waals surface area contributed by atoms with Crippen molar-refractivity contribution in [2.24, 2.45) is 0 Å². The van der Waals surface area contributed by atoms with Crippen LogP contribution < -0.4 is 0 Å². The van der Waals surface area contributed by atoms with E-state index in [0.717, 1.165) is 0 Å². The molecule has 0 aliphatic heterocycles. The van der Waals surface area contributed by atoms with Crippen LogP contribution in [0.25, 0.3) is 0 Å². The van der Waals surface area contributed by atoms with Crippen LogP contribution in [0.3, 0.4) is 0 Å². The summed E-state index contributed by atoms with van der Waals surface area (Å²) in [5, 5.41) is 0. The van der Waals surface area contributed by atoms with Crippen molar-refractivity contribution in [3.63, 3.8) is 0 Å². The van der Waals surface area contributed by atoms with E-state index < -0.39 is 69.0 Å². The van der Waals surface area contributed by atoms with E-state index in [4.69, 9.17) is 21.2 Å². The normalized spacial score (nSPS) is 24.1. The Bertz CT molecular complexity index is 944. The van der Waals surface area contributed by atoms with Crippen LogP contribution in [-0.4, -0.2) is 32.0 Å². The van der Waals surface area contributed by atoms with Crippen LogP contribution in [0, 0.1) is 6.92 Å². The Balaban J connectivity index is 2.61. The van der Waals surface area contributed by atoms with Crippen molar-refractivity contribution in [2.75, 3.05) is 27.1 Å². The molecule has 106 valence electrons. The lowest BCUT2D eigenvalue weighted by Gasteiger charge is -2.22. The zero-order valence-electron chi connectivity index (χ0n) is 23.1. The van der Waals surface area contributed by atoms with Gasteiger partial charge in [-0.2, -0.15) is 0 Å². The minimum atomic E-state index is -2.96. The molecule has 1 unspecified atom stereocenters. The highest BCUT2D eigenvalue weighted by molar-refractivity contribution is 5.35. The van der Waals surface area contributed by atoms with E-state index in [-0.39, 0.29) is 10.5 Å². The third kappa shape index (κ3) is 3.92. The van der Waals surface area contributed by atoms with E-state index in [1.807, 2.05) is 0 Å². The van der Waals surface area contributed by atoms with Crippen LogP contribution in [0.2, 0.25) is 0 Å². The van der Waals surface area contributed by atoms with Crippen molar-refractivity contribution in [1.29, 1.82) is 0 Å². The maximum Gasteiger partial charge on any atom is 0.108 e. The molecule has 0 aliphatic carbocycles. The second-order valence-electron chi connectivity index (χ2n) is 4.14. The van der Waals surface area contributed by atoms with Gasteiger partial charge in [0, 0.05) is 14.8 Å². The van der Waals surface area contributed by atoms with Crippen LogP contribution in [-0.2, 0) is 4.74 Å². The van der Waals surface area contributed by atoms with E-state index in [0.29, 0.717) is 5.56 Å². The Hall–Kier alpha value is -1.64. The first kappa shape index (κ1) is 5.63. The molecule has 0 bridgehead atoms. The molecule has 0 radical (unpaired) electrons. The molecule has 20 heavy (non-hydrogen) atoms. The lowest BCUT2D eigenvalue weighted by atomic mass is 9.97. The predicted octanol–water partition coefficient (Wildman–Crippen LogP) is 3.66. The van der Waals surface area contributed by atoms with Gasteiger partial charge in [0.2, 0.25) is 0 Å². The van der Waals surface area contributed by atoms with Gasteiger partial charge in [0.1, 0.15) is 6.08 Å². The molecule has 2 aromatic rings. The maximum atomic E-state index is 9.06. The second-order valence-corrected chi connectivity index (χ2v) is 4.14. The van der Waals surface area contributed by atoms with Crippen LogP contribution >= 0.6 is 0 Å². The Labute approximate surface area is 138 Å². The molecule has 0 N–H and O–H groups in total. The van der Waals surface area contributed by atoms with E-state index in [1.54, 1.807) is 25.1 Å². The van der Waals surface area contributed by atoms with Crippen molar-refractivity contribution in [3.05, 3.63) is 71.2 Å². The van der Waals surface area contributed by atoms with E-state index in [1.165, 1.54) is 6.07 Å². The molecular weight excluding hydrogens is 246 g/mol. The molecule has 2 heteroatoms. The first-order chi connectivity index (χ1) is 14.5. The topological polar surface area (TPSA) is 12.5 Å². The molecule has 0 aliphatic rings. The van der Waals surface area contributed by atoms with Gasteiger partial charge in [0.05, 0.1) is 14.8 Å². The molecule has 0 heterocycles. The SMILES string of the molecule is [2H]c1c([2H])c([2H])c(C([2H])(OCCN(C([2H])([2H])[2H])C([2H])([2H])[2H])c2ccccc2C)c([2H])c1[2H]. The third-order valence-corrected chi connectivity index (χ3v) is 2.68. The van der Waals surface area contributed by atoms with Crippen molar-refractivity contribution < 1.29 is 21.2 Å². The van der Waals surface area contributed by atoms with Gasteiger partial charge in [-0.05, 0) is 37.6 Å². The van der Waals surface area contributed by atoms with Gasteiger partial charge in [-0.25, -0.2) is 0 Å². The number of hydrogen-bond acceptors (Lipinski definition) is 2. The lowest BCUT2D eigenvalue weighted by Crippen LogP contribution is -2.20. The predicted molar refractivity (Wildman–Crippen MR) is 84.0 cm³/mol. The summed E-state index contributed by atoms with van der Waals surface area (Å²) in [6, 6.07) is 3.20. The largest absolute Gasteiger partial charge is 0.367 e. The van der Waals surface area contributed by atoms with Gasteiger partial charge in [-0.3, -0.25) is 0 Å². The Morgan fingerprint density at radius 1 is 1.25 bits per heavy atom. The van der Waals surface area contributed by atoms with Crippen molar-refractivity contribution in [1.82, 2.24) is 4.90 Å². The van der Waals surface area contributed by atoms with Crippen molar-refractivity contribution in [3.8, 4) is 0 Å². The van der Waals surface area contributed by atoms with Gasteiger partial charge in [-0.1, -0.05) is 54.5 Å². The summed E-state index contributed by atoms with van der Waals surface area (Å²) >= 11 is 0. The lowest BCUT2D eigenvalue weighted by molar-refractivity contribution is 0.0683. The summed E-state index contributed by atoms with van der Waals surface area (Å²) in [6.45, 7) is -5.46. The summed E-state index contributed by atoms with van der Waals surface area (Å²) in [7, 11) is 0. The van der Waals surface area contributed by atoms with Crippen molar-refractivity contribution >= 4 is 0 Å². The number of aryl methyl sites for hydroxylation is 1. The zero-order chi connectivity index (χ0) is 24.6. The number of rotatable bonds is 6. The molecular formula is C18H23NO. The molecule has 2 nitrogen and oxygen atoms in total. The first-order valence-corrected chi connectivity index (χ1v) is 6.08. The number of ether oxygens (including phenoxy) is 1. The van der Waals surface area contributed by atoms with Crippen molar-refractivity contribution in [2.45, 2.75) is 13.0 Å².